The van der Waals surface area contributed by atoms with E-state index in [0.717, 1.165) is 5.56 Å². The average molecular weight is 333 g/mol. The first-order valence-electron chi connectivity index (χ1n) is 7.62. The summed E-state index contributed by atoms with van der Waals surface area (Å²) in [6.45, 7) is 1.82. The van der Waals surface area contributed by atoms with E-state index in [1.165, 1.54) is 12.1 Å². The predicted molar refractivity (Wildman–Crippen MR) is 93.2 cm³/mol. The Kier molecular flexibility index (Phi) is 3.66. The van der Waals surface area contributed by atoms with Crippen molar-refractivity contribution in [1.82, 2.24) is 24.7 Å². The quantitative estimate of drug-likeness (QED) is 0.573. The summed E-state index contributed by atoms with van der Waals surface area (Å²) >= 11 is 0. The van der Waals surface area contributed by atoms with Crippen molar-refractivity contribution in [2.24, 2.45) is 0 Å². The molecular formula is C18H15N5O2. The van der Waals surface area contributed by atoms with E-state index in [1.54, 1.807) is 23.2 Å². The van der Waals surface area contributed by atoms with Gasteiger partial charge in [-0.15, -0.1) is 10.2 Å². The molecule has 0 aliphatic carbocycles. The molecule has 0 unspecified atom stereocenters. The third-order valence-electron chi connectivity index (χ3n) is 3.65. The van der Waals surface area contributed by atoms with Gasteiger partial charge in [0.1, 0.15) is 0 Å². The molecule has 4 rings (SSSR count). The van der Waals surface area contributed by atoms with Gasteiger partial charge in [-0.1, -0.05) is 18.2 Å². The Hall–Kier alpha value is -3.61. The van der Waals surface area contributed by atoms with Crippen molar-refractivity contribution in [3.05, 3.63) is 77.0 Å². The highest BCUT2D eigenvalue weighted by atomic mass is 16.4. The van der Waals surface area contributed by atoms with Crippen molar-refractivity contribution in [3.63, 3.8) is 0 Å². The van der Waals surface area contributed by atoms with Crippen LogP contribution in [-0.2, 0) is 0 Å². The predicted octanol–water partition coefficient (Wildman–Crippen LogP) is 2.90. The van der Waals surface area contributed by atoms with Gasteiger partial charge in [0.2, 0.25) is 5.89 Å². The molecule has 0 N–H and O–H groups in total. The van der Waals surface area contributed by atoms with Crippen LogP contribution in [0.5, 0.6) is 0 Å². The second kappa shape index (κ2) is 6.12. The fourth-order valence-electron chi connectivity index (χ4n) is 2.35. The minimum atomic E-state index is -0.0686. The van der Waals surface area contributed by atoms with Gasteiger partial charge in [0, 0.05) is 31.5 Å². The maximum absolute atomic E-state index is 11.3. The van der Waals surface area contributed by atoms with Gasteiger partial charge in [-0.3, -0.25) is 9.78 Å². The zero-order valence-electron chi connectivity index (χ0n) is 13.3. The Balaban J connectivity index is 0.00000196. The van der Waals surface area contributed by atoms with Gasteiger partial charge in [-0.2, -0.15) is 0 Å². The molecule has 3 heterocycles. The van der Waals surface area contributed by atoms with Crippen LogP contribution in [0.1, 0.15) is 7.12 Å². The molecule has 0 fully saturated rings. The number of hydrogen-bond acceptors (Lipinski definition) is 6. The Morgan fingerprint density at radius 2 is 1.72 bits per heavy atom. The smallest absolute Gasteiger partial charge is 0.268 e. The first-order chi connectivity index (χ1) is 12.2. The molecule has 0 spiro atoms. The molecule has 7 nitrogen and oxygen atoms in total. The zero-order chi connectivity index (χ0) is 17.2. The molecule has 4 aromatic rings. The minimum Gasteiger partial charge on any atom is -0.415 e. The number of aryl methyl sites for hydroxylation is 1. The van der Waals surface area contributed by atoms with Crippen LogP contribution in [0.4, 0.5) is 0 Å². The Morgan fingerprint density at radius 3 is 2.48 bits per heavy atom. The fourth-order valence-corrected chi connectivity index (χ4v) is 2.35. The lowest BCUT2D eigenvalue weighted by Crippen LogP contribution is -2.05. The molecule has 7 heteroatoms. The van der Waals surface area contributed by atoms with Crippen molar-refractivity contribution >= 4 is 0 Å². The number of hydrogen-bond donors (Lipinski definition) is 0. The van der Waals surface area contributed by atoms with Crippen molar-refractivity contribution in [1.29, 1.82) is 0 Å². The monoisotopic (exact) mass is 333 g/mol. The Bertz CT molecular complexity index is 1070. The molecule has 0 aliphatic rings. The first kappa shape index (κ1) is 14.9. The van der Waals surface area contributed by atoms with Gasteiger partial charge in [-0.05, 0) is 19.1 Å². The number of aromatic nitrogens is 5. The van der Waals surface area contributed by atoms with E-state index in [9.17, 15) is 4.79 Å². The van der Waals surface area contributed by atoms with Crippen LogP contribution in [0.15, 0.2) is 70.3 Å². The molecule has 3 aromatic heterocycles. The molecule has 0 saturated carbocycles. The number of nitrogens with zero attached hydrogens (tertiary/aromatic N) is 5. The van der Waals surface area contributed by atoms with Crippen LogP contribution in [0, 0.1) is 6.92 Å². The van der Waals surface area contributed by atoms with Crippen LogP contribution < -0.4 is 5.43 Å². The lowest BCUT2D eigenvalue weighted by molar-refractivity contribution is 0.580. The van der Waals surface area contributed by atoms with E-state index < -0.39 is 0 Å². The van der Waals surface area contributed by atoms with E-state index in [1.807, 2.05) is 37.3 Å². The van der Waals surface area contributed by atoms with E-state index in [2.05, 4.69) is 20.2 Å². The second-order valence-corrected chi connectivity index (χ2v) is 5.38. The Morgan fingerprint density at radius 1 is 1.00 bits per heavy atom. The van der Waals surface area contributed by atoms with Gasteiger partial charge in [0.05, 0.1) is 11.9 Å². The lowest BCUT2D eigenvalue weighted by Gasteiger charge is -2.06. The maximum Gasteiger partial charge on any atom is 0.268 e. The normalized spacial score (nSPS) is 10.8. The molecule has 0 bridgehead atoms. The molecule has 124 valence electrons. The maximum atomic E-state index is 11.3. The number of pyridine rings is 1. The SMILES string of the molecule is Cc1ncc(-n2ccc(=O)cc2)nc1-c1nnc(-c2ccccc2)o1.[HH]. The summed E-state index contributed by atoms with van der Waals surface area (Å²) in [5, 5.41) is 8.18. The van der Waals surface area contributed by atoms with Crippen molar-refractivity contribution in [2.75, 3.05) is 0 Å². The van der Waals surface area contributed by atoms with Crippen molar-refractivity contribution < 1.29 is 5.84 Å². The lowest BCUT2D eigenvalue weighted by atomic mass is 10.2. The highest BCUT2D eigenvalue weighted by Crippen LogP contribution is 2.24. The molecule has 0 saturated heterocycles. The number of rotatable bonds is 3. The van der Waals surface area contributed by atoms with Gasteiger partial charge in [0.15, 0.2) is 16.9 Å². The van der Waals surface area contributed by atoms with E-state index in [-0.39, 0.29) is 6.86 Å². The summed E-state index contributed by atoms with van der Waals surface area (Å²) in [5.41, 5.74) is 1.95. The minimum absolute atomic E-state index is 0. The van der Waals surface area contributed by atoms with Crippen molar-refractivity contribution in [3.8, 4) is 28.9 Å². The highest BCUT2D eigenvalue weighted by Gasteiger charge is 2.15. The molecule has 0 radical (unpaired) electrons. The van der Waals surface area contributed by atoms with Crippen LogP contribution in [0.3, 0.4) is 0 Å². The summed E-state index contributed by atoms with van der Waals surface area (Å²) in [6, 6.07) is 12.4. The molecule has 0 atom stereocenters. The number of benzene rings is 1. The van der Waals surface area contributed by atoms with E-state index in [4.69, 9.17) is 4.42 Å². The highest BCUT2D eigenvalue weighted by molar-refractivity contribution is 5.57. The van der Waals surface area contributed by atoms with Gasteiger partial charge in [0.25, 0.3) is 5.89 Å². The molecule has 1 aromatic carbocycles. The molecule has 0 aliphatic heterocycles. The third kappa shape index (κ3) is 2.94. The summed E-state index contributed by atoms with van der Waals surface area (Å²) < 4.78 is 7.46. The molecule has 0 amide bonds. The van der Waals surface area contributed by atoms with Gasteiger partial charge < -0.3 is 8.98 Å². The second-order valence-electron chi connectivity index (χ2n) is 5.38. The standard InChI is InChI=1S/C18H13N5O2.H2/c1-12-16(18-22-21-17(25-18)13-5-3-2-4-6-13)20-15(11-19-12)23-9-7-14(24)8-10-23;/h2-11H,1H3;1H. The summed E-state index contributed by atoms with van der Waals surface area (Å²) in [4.78, 5) is 20.1. The summed E-state index contributed by atoms with van der Waals surface area (Å²) in [7, 11) is 0. The van der Waals surface area contributed by atoms with Crippen LogP contribution in [-0.4, -0.2) is 24.7 Å². The van der Waals surface area contributed by atoms with E-state index in [0.29, 0.717) is 29.0 Å². The summed E-state index contributed by atoms with van der Waals surface area (Å²) in [5.74, 6) is 1.28. The van der Waals surface area contributed by atoms with Crippen LogP contribution in [0.2, 0.25) is 0 Å². The third-order valence-corrected chi connectivity index (χ3v) is 3.65. The Labute approximate surface area is 144 Å². The molecule has 25 heavy (non-hydrogen) atoms. The molecular weight excluding hydrogens is 318 g/mol. The van der Waals surface area contributed by atoms with Crippen molar-refractivity contribution in [2.45, 2.75) is 6.92 Å². The average Bonchev–Trinajstić information content (AvgIpc) is 3.14. The zero-order valence-corrected chi connectivity index (χ0v) is 13.3. The summed E-state index contributed by atoms with van der Waals surface area (Å²) in [6.07, 6.45) is 4.89. The van der Waals surface area contributed by atoms with Gasteiger partial charge >= 0.3 is 0 Å². The largest absolute Gasteiger partial charge is 0.415 e. The van der Waals surface area contributed by atoms with Gasteiger partial charge in [-0.25, -0.2) is 4.98 Å². The fraction of sp³-hybridized carbons (Fsp3) is 0.0556. The van der Waals surface area contributed by atoms with Crippen LogP contribution >= 0.6 is 0 Å². The van der Waals surface area contributed by atoms with E-state index >= 15 is 0 Å². The topological polar surface area (TPSA) is 86.7 Å². The first-order valence-corrected chi connectivity index (χ1v) is 7.62. The van der Waals surface area contributed by atoms with Crippen LogP contribution in [0.25, 0.3) is 28.9 Å².